The molecule has 1 heterocycles. The van der Waals surface area contributed by atoms with Crippen LogP contribution in [0.15, 0.2) is 42.6 Å². The van der Waals surface area contributed by atoms with Gasteiger partial charge >= 0.3 is 0 Å². The molecule has 7 heteroatoms. The second-order valence-corrected chi connectivity index (χ2v) is 6.76. The zero-order valence-electron chi connectivity index (χ0n) is 15.4. The third-order valence-electron chi connectivity index (χ3n) is 3.98. The van der Waals surface area contributed by atoms with E-state index in [0.29, 0.717) is 24.0 Å². The summed E-state index contributed by atoms with van der Waals surface area (Å²) in [5.41, 5.74) is -0.265. The van der Waals surface area contributed by atoms with Gasteiger partial charge in [0.1, 0.15) is 11.4 Å². The number of aryl methyl sites for hydroxylation is 1. The Kier molecular flexibility index (Phi) is 5.39. The van der Waals surface area contributed by atoms with Crippen LogP contribution in [-0.4, -0.2) is 22.3 Å². The smallest absolute Gasteiger partial charge is 0.282 e. The highest BCUT2D eigenvalue weighted by molar-refractivity contribution is 6.07. The van der Waals surface area contributed by atoms with E-state index in [1.807, 2.05) is 44.2 Å². The van der Waals surface area contributed by atoms with Crippen molar-refractivity contribution in [3.63, 3.8) is 0 Å². The highest BCUT2D eigenvalue weighted by Gasteiger charge is 2.23. The minimum atomic E-state index is -2.83. The third kappa shape index (κ3) is 4.24. The Morgan fingerprint density at radius 2 is 1.89 bits per heavy atom. The average molecular weight is 373 g/mol. The van der Waals surface area contributed by atoms with Gasteiger partial charge in [-0.2, -0.15) is 5.10 Å². The van der Waals surface area contributed by atoms with Crippen LogP contribution in [0.2, 0.25) is 0 Å². The van der Waals surface area contributed by atoms with Crippen LogP contribution in [0.25, 0.3) is 10.8 Å². The van der Waals surface area contributed by atoms with Crippen LogP contribution in [0.3, 0.4) is 0 Å². The molecule has 3 rings (SSSR count). The highest BCUT2D eigenvalue weighted by Crippen LogP contribution is 2.32. The summed E-state index contributed by atoms with van der Waals surface area (Å²) in [4.78, 5) is 12.6. The molecule has 1 N–H and O–H groups in total. The highest BCUT2D eigenvalue weighted by atomic mass is 19.3. The zero-order valence-corrected chi connectivity index (χ0v) is 15.4. The molecule has 0 saturated carbocycles. The quantitative estimate of drug-likeness (QED) is 0.675. The SMILES string of the molecule is CC(C)COc1cc2ccccc2cc1NC(=O)c1cn(C)nc1C(F)F. The number of rotatable bonds is 6. The van der Waals surface area contributed by atoms with Gasteiger partial charge in [-0.05, 0) is 28.8 Å². The number of anilines is 1. The normalized spacial score (nSPS) is 11.4. The van der Waals surface area contributed by atoms with Crippen molar-refractivity contribution in [3.8, 4) is 5.75 Å². The van der Waals surface area contributed by atoms with E-state index < -0.39 is 18.0 Å². The van der Waals surface area contributed by atoms with Crippen molar-refractivity contribution in [2.24, 2.45) is 13.0 Å². The minimum Gasteiger partial charge on any atom is -0.491 e. The molecule has 0 aliphatic carbocycles. The predicted molar refractivity (Wildman–Crippen MR) is 100 cm³/mol. The fourth-order valence-corrected chi connectivity index (χ4v) is 2.72. The monoisotopic (exact) mass is 373 g/mol. The van der Waals surface area contributed by atoms with Gasteiger partial charge in [0.05, 0.1) is 17.9 Å². The van der Waals surface area contributed by atoms with Crippen LogP contribution < -0.4 is 10.1 Å². The van der Waals surface area contributed by atoms with Crippen molar-refractivity contribution in [2.45, 2.75) is 20.3 Å². The summed E-state index contributed by atoms with van der Waals surface area (Å²) in [6.45, 7) is 4.50. The number of halogens is 2. The summed E-state index contributed by atoms with van der Waals surface area (Å²) in [6, 6.07) is 11.3. The number of nitrogens with one attached hydrogen (secondary N) is 1. The van der Waals surface area contributed by atoms with Gasteiger partial charge in [-0.25, -0.2) is 8.78 Å². The third-order valence-corrected chi connectivity index (χ3v) is 3.98. The summed E-state index contributed by atoms with van der Waals surface area (Å²) >= 11 is 0. The average Bonchev–Trinajstić information content (AvgIpc) is 3.02. The van der Waals surface area contributed by atoms with Gasteiger partial charge in [-0.15, -0.1) is 0 Å². The molecule has 0 bridgehead atoms. The zero-order chi connectivity index (χ0) is 19.6. The fourth-order valence-electron chi connectivity index (χ4n) is 2.72. The van der Waals surface area contributed by atoms with Crippen molar-refractivity contribution in [3.05, 3.63) is 53.9 Å². The molecule has 5 nitrogen and oxygen atoms in total. The maximum absolute atomic E-state index is 13.2. The topological polar surface area (TPSA) is 56.1 Å². The molecule has 1 aromatic heterocycles. The Bertz CT molecular complexity index is 967. The molecule has 3 aromatic rings. The lowest BCUT2D eigenvalue weighted by Gasteiger charge is -2.15. The van der Waals surface area contributed by atoms with Gasteiger partial charge < -0.3 is 10.1 Å². The van der Waals surface area contributed by atoms with Crippen LogP contribution in [0.1, 0.15) is 36.3 Å². The van der Waals surface area contributed by atoms with E-state index >= 15 is 0 Å². The lowest BCUT2D eigenvalue weighted by Crippen LogP contribution is -2.15. The molecule has 1 amide bonds. The first kappa shape index (κ1) is 18.8. The number of carbonyl (C=O) groups excluding carboxylic acids is 1. The number of nitrogens with zero attached hydrogens (tertiary/aromatic N) is 2. The Hall–Kier alpha value is -2.96. The first-order valence-corrected chi connectivity index (χ1v) is 8.63. The van der Waals surface area contributed by atoms with Gasteiger partial charge in [0, 0.05) is 13.2 Å². The van der Waals surface area contributed by atoms with E-state index in [-0.39, 0.29) is 5.56 Å². The van der Waals surface area contributed by atoms with Gasteiger partial charge in [-0.1, -0.05) is 38.1 Å². The van der Waals surface area contributed by atoms with E-state index in [1.165, 1.54) is 17.9 Å². The molecule has 0 radical (unpaired) electrons. The van der Waals surface area contributed by atoms with E-state index in [1.54, 1.807) is 6.07 Å². The minimum absolute atomic E-state index is 0.157. The first-order chi connectivity index (χ1) is 12.8. The maximum atomic E-state index is 13.2. The molecule has 0 atom stereocenters. The number of alkyl halides is 2. The molecule has 0 spiro atoms. The summed E-state index contributed by atoms with van der Waals surface area (Å²) in [6.07, 6.45) is -1.55. The summed E-state index contributed by atoms with van der Waals surface area (Å²) < 4.78 is 33.4. The first-order valence-electron chi connectivity index (χ1n) is 8.63. The second kappa shape index (κ2) is 7.73. The van der Waals surface area contributed by atoms with E-state index in [2.05, 4.69) is 10.4 Å². The van der Waals surface area contributed by atoms with Gasteiger partial charge in [0.25, 0.3) is 12.3 Å². The number of carbonyl (C=O) groups is 1. The number of fused-ring (bicyclic) bond motifs is 1. The van der Waals surface area contributed by atoms with Crippen molar-refractivity contribution in [1.29, 1.82) is 0 Å². The summed E-state index contributed by atoms with van der Waals surface area (Å²) in [5.74, 6) is 0.144. The number of hydrogen-bond acceptors (Lipinski definition) is 3. The molecule has 2 aromatic carbocycles. The van der Waals surface area contributed by atoms with Gasteiger partial charge in [-0.3, -0.25) is 9.48 Å². The van der Waals surface area contributed by atoms with Crippen molar-refractivity contribution < 1.29 is 18.3 Å². The van der Waals surface area contributed by atoms with Gasteiger partial charge in [0.15, 0.2) is 0 Å². The molecule has 0 aliphatic heterocycles. The Balaban J connectivity index is 1.97. The number of amides is 1. The van der Waals surface area contributed by atoms with Crippen molar-refractivity contribution in [2.75, 3.05) is 11.9 Å². The number of benzene rings is 2. The summed E-state index contributed by atoms with van der Waals surface area (Å²) in [5, 5.41) is 8.25. The molecule has 0 aliphatic rings. The largest absolute Gasteiger partial charge is 0.491 e. The Labute approximate surface area is 155 Å². The number of hydrogen-bond donors (Lipinski definition) is 1. The maximum Gasteiger partial charge on any atom is 0.282 e. The van der Waals surface area contributed by atoms with E-state index in [4.69, 9.17) is 4.74 Å². The predicted octanol–water partition coefficient (Wildman–Crippen LogP) is 4.80. The lowest BCUT2D eigenvalue weighted by atomic mass is 10.1. The van der Waals surface area contributed by atoms with Crippen molar-refractivity contribution >= 4 is 22.4 Å². The molecule has 0 fully saturated rings. The van der Waals surface area contributed by atoms with Gasteiger partial charge in [0.2, 0.25) is 0 Å². The molecule has 142 valence electrons. The Morgan fingerprint density at radius 1 is 1.22 bits per heavy atom. The molecular weight excluding hydrogens is 352 g/mol. The molecule has 0 unspecified atom stereocenters. The van der Waals surface area contributed by atoms with Crippen LogP contribution in [0.5, 0.6) is 5.75 Å². The van der Waals surface area contributed by atoms with Crippen LogP contribution in [0, 0.1) is 5.92 Å². The van der Waals surface area contributed by atoms with Crippen LogP contribution >= 0.6 is 0 Å². The number of ether oxygens (including phenoxy) is 1. The van der Waals surface area contributed by atoms with Crippen LogP contribution in [-0.2, 0) is 7.05 Å². The second-order valence-electron chi connectivity index (χ2n) is 6.76. The molecular formula is C20H21F2N3O2. The molecule has 27 heavy (non-hydrogen) atoms. The Morgan fingerprint density at radius 3 is 2.52 bits per heavy atom. The van der Waals surface area contributed by atoms with E-state index in [0.717, 1.165) is 10.8 Å². The van der Waals surface area contributed by atoms with Crippen molar-refractivity contribution in [1.82, 2.24) is 9.78 Å². The van der Waals surface area contributed by atoms with Crippen LogP contribution in [0.4, 0.5) is 14.5 Å². The molecule has 0 saturated heterocycles. The number of aromatic nitrogens is 2. The fraction of sp³-hybridized carbons (Fsp3) is 0.300. The standard InChI is InChI=1S/C20H21F2N3O2/c1-12(2)11-27-17-9-14-7-5-4-6-13(14)8-16(17)23-20(26)15-10-25(3)24-18(15)19(21)22/h4-10,12,19H,11H2,1-3H3,(H,23,26). The van der Waals surface area contributed by atoms with E-state index in [9.17, 15) is 13.6 Å². The summed E-state index contributed by atoms with van der Waals surface area (Å²) in [7, 11) is 1.50. The lowest BCUT2D eigenvalue weighted by molar-refractivity contribution is 0.101.